The highest BCUT2D eigenvalue weighted by Gasteiger charge is 2.36. The van der Waals surface area contributed by atoms with E-state index < -0.39 is 0 Å². The number of hydrogen-bond acceptors (Lipinski definition) is 2. The monoisotopic (exact) mass is 203 g/mol. The Morgan fingerprint density at radius 2 is 2.00 bits per heavy atom. The second-order valence-corrected chi connectivity index (χ2v) is 4.45. The Bertz CT molecular complexity index is 325. The van der Waals surface area contributed by atoms with E-state index in [2.05, 4.69) is 35.2 Å². The summed E-state index contributed by atoms with van der Waals surface area (Å²) in [6, 6.07) is 11.2. The van der Waals surface area contributed by atoms with Crippen molar-refractivity contribution in [3.63, 3.8) is 0 Å². The van der Waals surface area contributed by atoms with Crippen molar-refractivity contribution in [2.24, 2.45) is 0 Å². The van der Waals surface area contributed by atoms with E-state index in [-0.39, 0.29) is 0 Å². The van der Waals surface area contributed by atoms with Gasteiger partial charge in [0.2, 0.25) is 0 Å². The standard InChI is InChI=1S/C13H17NO/c1-2-6-11(7-3-1)12-10-15-13-8-4-5-9-14(12)13/h1-3,6-7,12-13H,4-5,8-10H2/t12-,13+/m0/s1. The molecule has 2 heteroatoms. The lowest BCUT2D eigenvalue weighted by atomic mass is 10.0. The van der Waals surface area contributed by atoms with Gasteiger partial charge in [0.1, 0.15) is 6.23 Å². The van der Waals surface area contributed by atoms with Crippen molar-refractivity contribution < 1.29 is 4.74 Å². The molecule has 0 spiro atoms. The summed E-state index contributed by atoms with van der Waals surface area (Å²) in [6.45, 7) is 2.07. The first-order valence-corrected chi connectivity index (χ1v) is 5.87. The van der Waals surface area contributed by atoms with Crippen molar-refractivity contribution in [3.05, 3.63) is 35.9 Å². The molecule has 2 atom stereocenters. The number of benzene rings is 1. The molecule has 15 heavy (non-hydrogen) atoms. The first-order chi connectivity index (χ1) is 7.45. The Labute approximate surface area is 90.8 Å². The molecule has 0 bridgehead atoms. The van der Waals surface area contributed by atoms with Crippen LogP contribution in [-0.2, 0) is 4.74 Å². The average Bonchev–Trinajstić information content (AvgIpc) is 2.74. The second-order valence-electron chi connectivity index (χ2n) is 4.45. The molecule has 2 aliphatic heterocycles. The van der Waals surface area contributed by atoms with Gasteiger partial charge in [0.25, 0.3) is 0 Å². The molecule has 1 aromatic rings. The third-order valence-corrected chi connectivity index (χ3v) is 3.52. The van der Waals surface area contributed by atoms with Gasteiger partial charge in [-0.1, -0.05) is 30.3 Å². The summed E-state index contributed by atoms with van der Waals surface area (Å²) in [5.74, 6) is 0. The Kier molecular flexibility index (Phi) is 2.47. The van der Waals surface area contributed by atoms with Gasteiger partial charge in [-0.25, -0.2) is 0 Å². The zero-order valence-electron chi connectivity index (χ0n) is 8.93. The van der Waals surface area contributed by atoms with Crippen molar-refractivity contribution in [1.82, 2.24) is 4.90 Å². The molecule has 0 aliphatic carbocycles. The fourth-order valence-electron chi connectivity index (χ4n) is 2.72. The molecule has 0 unspecified atom stereocenters. The lowest BCUT2D eigenvalue weighted by molar-refractivity contribution is 0.00393. The van der Waals surface area contributed by atoms with E-state index in [1.165, 1.54) is 31.4 Å². The van der Waals surface area contributed by atoms with Crippen molar-refractivity contribution in [2.45, 2.75) is 31.5 Å². The minimum atomic E-state index is 0.393. The highest BCUT2D eigenvalue weighted by Crippen LogP contribution is 2.34. The van der Waals surface area contributed by atoms with Gasteiger partial charge < -0.3 is 4.74 Å². The van der Waals surface area contributed by atoms with Crippen LogP contribution in [0.4, 0.5) is 0 Å². The molecular formula is C13H17NO. The van der Waals surface area contributed by atoms with E-state index in [9.17, 15) is 0 Å². The number of piperidine rings is 1. The van der Waals surface area contributed by atoms with Crippen LogP contribution in [0.2, 0.25) is 0 Å². The largest absolute Gasteiger partial charge is 0.361 e. The van der Waals surface area contributed by atoms with E-state index >= 15 is 0 Å². The molecule has 3 rings (SSSR count). The highest BCUT2D eigenvalue weighted by atomic mass is 16.5. The summed E-state index contributed by atoms with van der Waals surface area (Å²) in [5, 5.41) is 0. The number of nitrogens with zero attached hydrogens (tertiary/aromatic N) is 1. The molecule has 0 aromatic heterocycles. The lowest BCUT2D eigenvalue weighted by Gasteiger charge is -2.31. The quantitative estimate of drug-likeness (QED) is 0.695. The fourth-order valence-corrected chi connectivity index (χ4v) is 2.72. The van der Waals surface area contributed by atoms with Gasteiger partial charge in [-0.2, -0.15) is 0 Å². The maximum atomic E-state index is 5.85. The molecule has 2 aliphatic rings. The van der Waals surface area contributed by atoms with Crippen LogP contribution in [-0.4, -0.2) is 24.3 Å². The van der Waals surface area contributed by atoms with Crippen LogP contribution < -0.4 is 0 Å². The van der Waals surface area contributed by atoms with Crippen molar-refractivity contribution in [3.8, 4) is 0 Å². The third kappa shape index (κ3) is 1.68. The summed E-state index contributed by atoms with van der Waals surface area (Å²) < 4.78 is 5.85. The first-order valence-electron chi connectivity index (χ1n) is 5.87. The summed E-state index contributed by atoms with van der Waals surface area (Å²) in [7, 11) is 0. The zero-order valence-corrected chi connectivity index (χ0v) is 8.93. The van der Waals surface area contributed by atoms with E-state index in [0.717, 1.165) is 6.61 Å². The van der Waals surface area contributed by atoms with Gasteiger partial charge in [0, 0.05) is 6.54 Å². The number of fused-ring (bicyclic) bond motifs is 1. The number of rotatable bonds is 1. The summed E-state index contributed by atoms with van der Waals surface area (Å²) >= 11 is 0. The van der Waals surface area contributed by atoms with E-state index in [0.29, 0.717) is 12.3 Å². The summed E-state index contributed by atoms with van der Waals surface area (Å²) in [5.41, 5.74) is 1.40. The van der Waals surface area contributed by atoms with Crippen LogP contribution in [0.3, 0.4) is 0 Å². The normalized spacial score (nSPS) is 31.5. The Morgan fingerprint density at radius 3 is 2.87 bits per heavy atom. The molecule has 80 valence electrons. The van der Waals surface area contributed by atoms with Crippen molar-refractivity contribution in [2.75, 3.05) is 13.2 Å². The van der Waals surface area contributed by atoms with Crippen molar-refractivity contribution >= 4 is 0 Å². The van der Waals surface area contributed by atoms with Crippen LogP contribution in [0, 0.1) is 0 Å². The van der Waals surface area contributed by atoms with Gasteiger partial charge in [-0.05, 0) is 24.8 Å². The minimum absolute atomic E-state index is 0.393. The van der Waals surface area contributed by atoms with Crippen molar-refractivity contribution in [1.29, 1.82) is 0 Å². The smallest absolute Gasteiger partial charge is 0.111 e. The topological polar surface area (TPSA) is 12.5 Å². The predicted molar refractivity (Wildman–Crippen MR) is 59.5 cm³/mol. The van der Waals surface area contributed by atoms with Crippen LogP contribution in [0.1, 0.15) is 30.9 Å². The Morgan fingerprint density at radius 1 is 1.13 bits per heavy atom. The van der Waals surface area contributed by atoms with E-state index in [4.69, 9.17) is 4.74 Å². The lowest BCUT2D eigenvalue weighted by Crippen LogP contribution is -2.36. The third-order valence-electron chi connectivity index (χ3n) is 3.52. The molecule has 0 amide bonds. The number of ether oxygens (including phenoxy) is 1. The van der Waals surface area contributed by atoms with Crippen LogP contribution >= 0.6 is 0 Å². The molecule has 1 aromatic carbocycles. The van der Waals surface area contributed by atoms with E-state index in [1.807, 2.05) is 0 Å². The van der Waals surface area contributed by atoms with Gasteiger partial charge in [-0.15, -0.1) is 0 Å². The maximum absolute atomic E-state index is 5.85. The van der Waals surface area contributed by atoms with Gasteiger partial charge in [-0.3, -0.25) is 4.90 Å². The molecule has 0 radical (unpaired) electrons. The highest BCUT2D eigenvalue weighted by molar-refractivity contribution is 5.20. The molecule has 2 fully saturated rings. The van der Waals surface area contributed by atoms with E-state index in [1.54, 1.807) is 0 Å². The van der Waals surface area contributed by atoms with Crippen LogP contribution in [0.15, 0.2) is 30.3 Å². The number of hydrogen-bond donors (Lipinski definition) is 0. The average molecular weight is 203 g/mol. The zero-order chi connectivity index (χ0) is 10.1. The minimum Gasteiger partial charge on any atom is -0.361 e. The maximum Gasteiger partial charge on any atom is 0.111 e. The molecular weight excluding hydrogens is 186 g/mol. The predicted octanol–water partition coefficient (Wildman–Crippen LogP) is 2.57. The Hall–Kier alpha value is -0.860. The van der Waals surface area contributed by atoms with Crippen LogP contribution in [0.5, 0.6) is 0 Å². The van der Waals surface area contributed by atoms with Gasteiger partial charge in [0.05, 0.1) is 12.6 Å². The fraction of sp³-hybridized carbons (Fsp3) is 0.538. The van der Waals surface area contributed by atoms with Crippen LogP contribution in [0.25, 0.3) is 0 Å². The van der Waals surface area contributed by atoms with Gasteiger partial charge >= 0.3 is 0 Å². The molecule has 0 saturated carbocycles. The van der Waals surface area contributed by atoms with Gasteiger partial charge in [0.15, 0.2) is 0 Å². The summed E-state index contributed by atoms with van der Waals surface area (Å²) in [4.78, 5) is 2.53. The molecule has 0 N–H and O–H groups in total. The first kappa shape index (κ1) is 9.37. The SMILES string of the molecule is c1ccc([C@@H]2CO[C@@H]3CCCCN32)cc1. The summed E-state index contributed by atoms with van der Waals surface area (Å²) in [6.07, 6.45) is 4.25. The Balaban J connectivity index is 1.82. The second kappa shape index (κ2) is 3.95. The molecule has 2 nitrogen and oxygen atoms in total. The molecule has 2 heterocycles. The molecule has 2 saturated heterocycles.